The fourth-order valence-electron chi connectivity index (χ4n) is 4.65. The van der Waals surface area contributed by atoms with Crippen LogP contribution in [0, 0.1) is 22.2 Å². The van der Waals surface area contributed by atoms with Crippen LogP contribution in [0.4, 0.5) is 0 Å². The molecular weight excluding hydrogens is 208 g/mol. The predicted molar refractivity (Wildman–Crippen MR) is 71.8 cm³/mol. The van der Waals surface area contributed by atoms with Gasteiger partial charge in [0.15, 0.2) is 0 Å². The Morgan fingerprint density at radius 3 is 2.59 bits per heavy atom. The van der Waals surface area contributed by atoms with Gasteiger partial charge in [-0.2, -0.15) is 0 Å². The van der Waals surface area contributed by atoms with Gasteiger partial charge in [-0.25, -0.2) is 0 Å². The maximum absolute atomic E-state index is 12.3. The highest BCUT2D eigenvalue weighted by Crippen LogP contribution is 2.69. The molecule has 0 aromatic rings. The van der Waals surface area contributed by atoms with Crippen LogP contribution in [0.2, 0.25) is 0 Å². The van der Waals surface area contributed by atoms with Gasteiger partial charge in [0, 0.05) is 12.3 Å². The molecule has 0 heterocycles. The molecule has 0 radical (unpaired) electrons. The maximum atomic E-state index is 12.3. The van der Waals surface area contributed by atoms with Gasteiger partial charge in [0.05, 0.1) is 0 Å². The molecule has 2 bridgehead atoms. The number of allylic oxidation sites excluding steroid dienone is 1. The van der Waals surface area contributed by atoms with Gasteiger partial charge in [0.1, 0.15) is 5.78 Å². The molecule has 96 valence electrons. The SMILES string of the molecule is C=CC[C@]1(C)C[C@H]2C(=O)CCC[C@]1(C)C2(C)C. The zero-order valence-corrected chi connectivity index (χ0v) is 11.8. The van der Waals surface area contributed by atoms with Crippen molar-refractivity contribution in [3.8, 4) is 0 Å². The molecule has 1 heteroatoms. The average molecular weight is 234 g/mol. The summed E-state index contributed by atoms with van der Waals surface area (Å²) in [5.74, 6) is 0.770. The van der Waals surface area contributed by atoms with Crippen molar-refractivity contribution < 1.29 is 4.79 Å². The summed E-state index contributed by atoms with van der Waals surface area (Å²) in [5, 5.41) is 0. The molecule has 0 aromatic carbocycles. The first-order valence-corrected chi connectivity index (χ1v) is 6.92. The molecule has 0 aliphatic heterocycles. The van der Waals surface area contributed by atoms with E-state index in [4.69, 9.17) is 0 Å². The molecule has 0 N–H and O–H groups in total. The second-order valence-electron chi connectivity index (χ2n) is 7.18. The van der Waals surface area contributed by atoms with Crippen molar-refractivity contribution in [1.82, 2.24) is 0 Å². The molecule has 1 nitrogen and oxygen atoms in total. The predicted octanol–water partition coefficient (Wildman–Crippen LogP) is 4.37. The lowest BCUT2D eigenvalue weighted by molar-refractivity contribution is -0.125. The fourth-order valence-corrected chi connectivity index (χ4v) is 4.65. The van der Waals surface area contributed by atoms with Gasteiger partial charge in [0.2, 0.25) is 0 Å². The molecule has 0 amide bonds. The van der Waals surface area contributed by atoms with Crippen molar-refractivity contribution in [2.45, 2.75) is 59.8 Å². The number of ketones is 1. The molecule has 17 heavy (non-hydrogen) atoms. The number of Topliss-reactive ketones (excluding diaryl/α,β-unsaturated/α-hetero) is 1. The molecule has 2 rings (SSSR count). The Bertz CT molecular complexity index is 355. The molecule has 2 fully saturated rings. The smallest absolute Gasteiger partial charge is 0.136 e. The van der Waals surface area contributed by atoms with Gasteiger partial charge in [-0.3, -0.25) is 4.79 Å². The Morgan fingerprint density at radius 2 is 2.00 bits per heavy atom. The molecule has 0 saturated heterocycles. The minimum atomic E-state index is 0.137. The normalized spacial score (nSPS) is 44.5. The van der Waals surface area contributed by atoms with Crippen LogP contribution >= 0.6 is 0 Å². The standard InChI is InChI=1S/C16H26O/c1-6-9-15(4)11-12-13(17)8-7-10-16(15,5)14(12,2)3/h6,12H,1,7-11H2,2-5H3/t12-,15+,16+/m0/s1. The summed E-state index contributed by atoms with van der Waals surface area (Å²) in [6.07, 6.45) is 7.20. The number of fused-ring (bicyclic) bond motifs is 2. The minimum absolute atomic E-state index is 0.137. The van der Waals surface area contributed by atoms with E-state index in [0.29, 0.717) is 5.78 Å². The zero-order chi connectivity index (χ0) is 12.9. The number of rotatable bonds is 2. The zero-order valence-electron chi connectivity index (χ0n) is 11.8. The van der Waals surface area contributed by atoms with Crippen molar-refractivity contribution in [3.05, 3.63) is 12.7 Å². The van der Waals surface area contributed by atoms with Gasteiger partial charge in [-0.15, -0.1) is 6.58 Å². The van der Waals surface area contributed by atoms with Crippen molar-refractivity contribution in [2.24, 2.45) is 22.2 Å². The van der Waals surface area contributed by atoms with Crippen molar-refractivity contribution >= 4 is 5.78 Å². The van der Waals surface area contributed by atoms with Crippen molar-refractivity contribution in [1.29, 1.82) is 0 Å². The summed E-state index contributed by atoms with van der Waals surface area (Å²) in [6.45, 7) is 13.3. The Hall–Kier alpha value is -0.590. The molecule has 2 aliphatic carbocycles. The third kappa shape index (κ3) is 1.47. The molecule has 0 aromatic heterocycles. The van der Waals surface area contributed by atoms with E-state index in [1.807, 2.05) is 6.08 Å². The Labute approximate surface area is 106 Å². The van der Waals surface area contributed by atoms with Crippen LogP contribution in [-0.4, -0.2) is 5.78 Å². The summed E-state index contributed by atoms with van der Waals surface area (Å²) in [5.41, 5.74) is 0.655. The summed E-state index contributed by atoms with van der Waals surface area (Å²) >= 11 is 0. The number of carbonyl (C=O) groups excluding carboxylic acids is 1. The van der Waals surface area contributed by atoms with E-state index >= 15 is 0 Å². The first-order chi connectivity index (χ1) is 7.78. The maximum Gasteiger partial charge on any atom is 0.136 e. The van der Waals surface area contributed by atoms with E-state index in [2.05, 4.69) is 34.3 Å². The first kappa shape index (κ1) is 12.9. The lowest BCUT2D eigenvalue weighted by Crippen LogP contribution is -2.42. The quantitative estimate of drug-likeness (QED) is 0.648. The third-order valence-corrected chi connectivity index (χ3v) is 6.36. The van der Waals surface area contributed by atoms with Gasteiger partial charge in [0.25, 0.3) is 0 Å². The Morgan fingerprint density at radius 1 is 1.35 bits per heavy atom. The van der Waals surface area contributed by atoms with E-state index < -0.39 is 0 Å². The van der Waals surface area contributed by atoms with Crippen molar-refractivity contribution in [3.63, 3.8) is 0 Å². The lowest BCUT2D eigenvalue weighted by Gasteiger charge is -2.48. The molecule has 3 atom stereocenters. The first-order valence-electron chi connectivity index (χ1n) is 6.92. The number of carbonyl (C=O) groups is 1. The number of hydrogen-bond acceptors (Lipinski definition) is 1. The Balaban J connectivity index is 2.51. The molecule has 0 spiro atoms. The minimum Gasteiger partial charge on any atom is -0.299 e. The topological polar surface area (TPSA) is 17.1 Å². The Kier molecular flexibility index (Phi) is 2.80. The highest BCUT2D eigenvalue weighted by Gasteiger charge is 2.64. The van der Waals surface area contributed by atoms with Crippen molar-refractivity contribution in [2.75, 3.05) is 0 Å². The van der Waals surface area contributed by atoms with E-state index in [-0.39, 0.29) is 22.2 Å². The number of hydrogen-bond donors (Lipinski definition) is 0. The summed E-state index contributed by atoms with van der Waals surface area (Å²) in [6, 6.07) is 0. The van der Waals surface area contributed by atoms with Gasteiger partial charge in [-0.1, -0.05) is 33.8 Å². The average Bonchev–Trinajstić information content (AvgIpc) is 2.31. The van der Waals surface area contributed by atoms with E-state index in [1.54, 1.807) is 0 Å². The monoisotopic (exact) mass is 234 g/mol. The summed E-state index contributed by atoms with van der Waals surface area (Å²) < 4.78 is 0. The van der Waals surface area contributed by atoms with Crippen LogP contribution in [0.5, 0.6) is 0 Å². The van der Waals surface area contributed by atoms with E-state index in [0.717, 1.165) is 25.7 Å². The van der Waals surface area contributed by atoms with Gasteiger partial charge in [-0.05, 0) is 41.9 Å². The van der Waals surface area contributed by atoms with Gasteiger partial charge < -0.3 is 0 Å². The molecule has 2 saturated carbocycles. The highest BCUT2D eigenvalue weighted by molar-refractivity contribution is 5.83. The van der Waals surface area contributed by atoms with Crippen LogP contribution in [0.3, 0.4) is 0 Å². The van der Waals surface area contributed by atoms with Crippen LogP contribution in [0.15, 0.2) is 12.7 Å². The van der Waals surface area contributed by atoms with Gasteiger partial charge >= 0.3 is 0 Å². The molecule has 0 unspecified atom stereocenters. The van der Waals surface area contributed by atoms with Crippen LogP contribution in [-0.2, 0) is 4.79 Å². The highest BCUT2D eigenvalue weighted by atomic mass is 16.1. The van der Waals surface area contributed by atoms with Crippen LogP contribution < -0.4 is 0 Å². The summed E-state index contributed by atoms with van der Waals surface area (Å²) in [4.78, 5) is 12.3. The second kappa shape index (κ2) is 3.70. The van der Waals surface area contributed by atoms with E-state index in [1.165, 1.54) is 6.42 Å². The largest absolute Gasteiger partial charge is 0.299 e. The molecule has 2 aliphatic rings. The molecular formula is C16H26O. The third-order valence-electron chi connectivity index (χ3n) is 6.36. The second-order valence-corrected chi connectivity index (χ2v) is 7.18. The fraction of sp³-hybridized carbons (Fsp3) is 0.812. The van der Waals surface area contributed by atoms with Crippen LogP contribution in [0.1, 0.15) is 59.8 Å². The van der Waals surface area contributed by atoms with Crippen LogP contribution in [0.25, 0.3) is 0 Å². The van der Waals surface area contributed by atoms with E-state index in [9.17, 15) is 4.79 Å². The lowest BCUT2D eigenvalue weighted by atomic mass is 9.56. The summed E-state index contributed by atoms with van der Waals surface area (Å²) in [7, 11) is 0.